The summed E-state index contributed by atoms with van der Waals surface area (Å²) in [6.45, 7) is 2.66. The minimum atomic E-state index is -2.93. The van der Waals surface area contributed by atoms with Crippen LogP contribution in [0.2, 0.25) is 0 Å². The van der Waals surface area contributed by atoms with E-state index in [1.54, 1.807) is 12.1 Å². The van der Waals surface area contributed by atoms with Gasteiger partial charge in [-0.1, -0.05) is 0 Å². The van der Waals surface area contributed by atoms with E-state index in [2.05, 4.69) is 4.90 Å². The van der Waals surface area contributed by atoms with Crippen LogP contribution < -0.4 is 4.90 Å². The molecule has 2 aliphatic rings. The van der Waals surface area contributed by atoms with Gasteiger partial charge in [-0.05, 0) is 36.6 Å². The van der Waals surface area contributed by atoms with Gasteiger partial charge in [-0.2, -0.15) is 0 Å². The van der Waals surface area contributed by atoms with Gasteiger partial charge in [0.1, 0.15) is 5.82 Å². The van der Waals surface area contributed by atoms with Crippen molar-refractivity contribution in [1.29, 1.82) is 0 Å². The summed E-state index contributed by atoms with van der Waals surface area (Å²) in [5.74, 6) is 0.125. The van der Waals surface area contributed by atoms with Crippen molar-refractivity contribution < 1.29 is 17.6 Å². The number of anilines is 1. The van der Waals surface area contributed by atoms with E-state index in [1.807, 2.05) is 4.90 Å². The molecule has 1 amide bonds. The zero-order chi connectivity index (χ0) is 16.4. The minimum absolute atomic E-state index is 0.0253. The molecular weight excluding hydrogens is 319 g/mol. The van der Waals surface area contributed by atoms with Gasteiger partial charge in [-0.3, -0.25) is 4.79 Å². The summed E-state index contributed by atoms with van der Waals surface area (Å²) in [5.41, 5.74) is 0.959. The topological polar surface area (TPSA) is 57.7 Å². The van der Waals surface area contributed by atoms with Gasteiger partial charge >= 0.3 is 0 Å². The van der Waals surface area contributed by atoms with Crippen LogP contribution in [0.25, 0.3) is 0 Å². The van der Waals surface area contributed by atoms with Crippen molar-refractivity contribution in [3.8, 4) is 0 Å². The molecule has 3 rings (SSSR count). The van der Waals surface area contributed by atoms with Crippen molar-refractivity contribution in [2.45, 2.75) is 12.8 Å². The van der Waals surface area contributed by atoms with Crippen LogP contribution in [-0.2, 0) is 14.6 Å². The smallest absolute Gasteiger partial charge is 0.223 e. The summed E-state index contributed by atoms with van der Waals surface area (Å²) >= 11 is 0. The Bertz CT molecular complexity index is 667. The highest BCUT2D eigenvalue weighted by Crippen LogP contribution is 2.23. The van der Waals surface area contributed by atoms with Gasteiger partial charge in [0, 0.05) is 38.3 Å². The zero-order valence-electron chi connectivity index (χ0n) is 12.9. The van der Waals surface area contributed by atoms with Gasteiger partial charge in [-0.15, -0.1) is 0 Å². The van der Waals surface area contributed by atoms with Crippen LogP contribution in [0, 0.1) is 11.7 Å². The Kier molecular flexibility index (Phi) is 4.57. The maximum atomic E-state index is 13.0. The summed E-state index contributed by atoms with van der Waals surface area (Å²) in [6, 6.07) is 6.37. The molecular formula is C16H21FN2O3S. The van der Waals surface area contributed by atoms with Crippen molar-refractivity contribution >= 4 is 21.4 Å². The summed E-state index contributed by atoms with van der Waals surface area (Å²) in [4.78, 5) is 16.3. The van der Waals surface area contributed by atoms with Crippen molar-refractivity contribution in [3.63, 3.8) is 0 Å². The average Bonchev–Trinajstić information content (AvgIpc) is 2.87. The van der Waals surface area contributed by atoms with Crippen LogP contribution in [0.15, 0.2) is 24.3 Å². The third kappa shape index (κ3) is 4.02. The Balaban J connectivity index is 1.50. The molecule has 1 atom stereocenters. The molecule has 1 aromatic rings. The number of sulfone groups is 1. The Hall–Kier alpha value is -1.63. The Morgan fingerprint density at radius 2 is 1.78 bits per heavy atom. The highest BCUT2D eigenvalue weighted by molar-refractivity contribution is 7.91. The predicted molar refractivity (Wildman–Crippen MR) is 86.6 cm³/mol. The van der Waals surface area contributed by atoms with Gasteiger partial charge in [-0.25, -0.2) is 12.8 Å². The van der Waals surface area contributed by atoms with Crippen LogP contribution in [-0.4, -0.2) is 56.9 Å². The number of hydrogen-bond acceptors (Lipinski definition) is 4. The first-order chi connectivity index (χ1) is 10.9. The molecule has 2 fully saturated rings. The van der Waals surface area contributed by atoms with E-state index in [4.69, 9.17) is 0 Å². The van der Waals surface area contributed by atoms with E-state index in [0.717, 1.165) is 5.69 Å². The number of halogens is 1. The lowest BCUT2D eigenvalue weighted by Gasteiger charge is -2.36. The highest BCUT2D eigenvalue weighted by atomic mass is 32.2. The zero-order valence-corrected chi connectivity index (χ0v) is 13.8. The maximum Gasteiger partial charge on any atom is 0.223 e. The number of carbonyl (C=O) groups is 1. The van der Waals surface area contributed by atoms with E-state index in [0.29, 0.717) is 39.0 Å². The van der Waals surface area contributed by atoms with Crippen molar-refractivity contribution in [1.82, 2.24) is 4.90 Å². The minimum Gasteiger partial charge on any atom is -0.368 e. The first-order valence-electron chi connectivity index (χ1n) is 7.92. The number of benzene rings is 1. The van der Waals surface area contributed by atoms with Gasteiger partial charge in [0.15, 0.2) is 9.84 Å². The van der Waals surface area contributed by atoms with E-state index in [9.17, 15) is 17.6 Å². The third-order valence-electron chi connectivity index (χ3n) is 4.61. The maximum absolute atomic E-state index is 13.0. The molecule has 2 aliphatic heterocycles. The fourth-order valence-electron chi connectivity index (χ4n) is 3.28. The highest BCUT2D eigenvalue weighted by Gasteiger charge is 2.31. The number of carbonyl (C=O) groups excluding carboxylic acids is 1. The first-order valence-corrected chi connectivity index (χ1v) is 9.74. The van der Waals surface area contributed by atoms with Gasteiger partial charge in [0.2, 0.25) is 5.91 Å². The molecule has 2 heterocycles. The SMILES string of the molecule is O=C(C[C@H]1CCS(=O)(=O)C1)N1CCN(c2ccc(F)cc2)CC1. The number of nitrogens with zero attached hydrogens (tertiary/aromatic N) is 2. The molecule has 0 saturated carbocycles. The Morgan fingerprint density at radius 3 is 2.35 bits per heavy atom. The predicted octanol–water partition coefficient (Wildman–Crippen LogP) is 1.30. The largest absolute Gasteiger partial charge is 0.368 e. The summed E-state index contributed by atoms with van der Waals surface area (Å²) in [6.07, 6.45) is 0.930. The number of hydrogen-bond donors (Lipinski definition) is 0. The number of piperazine rings is 1. The van der Waals surface area contributed by atoms with Gasteiger partial charge in [0.25, 0.3) is 0 Å². The molecule has 0 bridgehead atoms. The normalized spacial score (nSPS) is 24.0. The second-order valence-electron chi connectivity index (χ2n) is 6.32. The lowest BCUT2D eigenvalue weighted by molar-refractivity contribution is -0.132. The van der Waals surface area contributed by atoms with Crippen molar-refractivity contribution in [3.05, 3.63) is 30.1 Å². The number of rotatable bonds is 3. The standard InChI is InChI=1S/C16H21FN2O3S/c17-14-1-3-15(4-2-14)18-6-8-19(9-7-18)16(20)11-13-5-10-23(21,22)12-13/h1-4,13H,5-12H2/t13-/m1/s1. The molecule has 1 aromatic carbocycles. The number of amides is 1. The molecule has 23 heavy (non-hydrogen) atoms. The second kappa shape index (κ2) is 6.47. The van der Waals surface area contributed by atoms with Crippen LogP contribution in [0.5, 0.6) is 0 Å². The molecule has 126 valence electrons. The monoisotopic (exact) mass is 340 g/mol. The summed E-state index contributed by atoms with van der Waals surface area (Å²) in [7, 11) is -2.93. The van der Waals surface area contributed by atoms with Crippen LogP contribution in [0.4, 0.5) is 10.1 Å². The third-order valence-corrected chi connectivity index (χ3v) is 6.45. The Labute approximate surface area is 136 Å². The summed E-state index contributed by atoms with van der Waals surface area (Å²) < 4.78 is 35.9. The Morgan fingerprint density at radius 1 is 1.13 bits per heavy atom. The molecule has 2 saturated heterocycles. The second-order valence-corrected chi connectivity index (χ2v) is 8.55. The molecule has 0 radical (unpaired) electrons. The van der Waals surface area contributed by atoms with Gasteiger partial charge in [0.05, 0.1) is 11.5 Å². The molecule has 0 aromatic heterocycles. The fraction of sp³-hybridized carbons (Fsp3) is 0.562. The lowest BCUT2D eigenvalue weighted by atomic mass is 10.0. The van der Waals surface area contributed by atoms with E-state index in [-0.39, 0.29) is 29.1 Å². The molecule has 0 spiro atoms. The average molecular weight is 340 g/mol. The van der Waals surface area contributed by atoms with Crippen LogP contribution >= 0.6 is 0 Å². The van der Waals surface area contributed by atoms with E-state index < -0.39 is 9.84 Å². The van der Waals surface area contributed by atoms with E-state index >= 15 is 0 Å². The van der Waals surface area contributed by atoms with Crippen molar-refractivity contribution in [2.24, 2.45) is 5.92 Å². The molecule has 7 heteroatoms. The van der Waals surface area contributed by atoms with Crippen LogP contribution in [0.1, 0.15) is 12.8 Å². The molecule has 0 unspecified atom stereocenters. The molecule has 5 nitrogen and oxygen atoms in total. The molecule has 0 aliphatic carbocycles. The van der Waals surface area contributed by atoms with Gasteiger partial charge < -0.3 is 9.80 Å². The lowest BCUT2D eigenvalue weighted by Crippen LogP contribution is -2.49. The molecule has 0 N–H and O–H groups in total. The quantitative estimate of drug-likeness (QED) is 0.832. The first kappa shape index (κ1) is 16.2. The van der Waals surface area contributed by atoms with Crippen LogP contribution in [0.3, 0.4) is 0 Å². The fourth-order valence-corrected chi connectivity index (χ4v) is 5.14. The van der Waals surface area contributed by atoms with E-state index in [1.165, 1.54) is 12.1 Å². The summed E-state index contributed by atoms with van der Waals surface area (Å²) in [5, 5.41) is 0. The van der Waals surface area contributed by atoms with Crippen molar-refractivity contribution in [2.75, 3.05) is 42.6 Å².